The van der Waals surface area contributed by atoms with Crippen molar-refractivity contribution < 1.29 is 4.79 Å². The molecular weight excluding hydrogens is 368 g/mol. The number of anilines is 1. The molecule has 2 fully saturated rings. The van der Waals surface area contributed by atoms with Gasteiger partial charge >= 0.3 is 0 Å². The van der Waals surface area contributed by atoms with Crippen molar-refractivity contribution in [2.24, 2.45) is 5.92 Å². The monoisotopic (exact) mass is 390 g/mol. The maximum absolute atomic E-state index is 13.3. The van der Waals surface area contributed by atoms with Gasteiger partial charge in [0.2, 0.25) is 5.95 Å². The lowest BCUT2D eigenvalue weighted by Crippen LogP contribution is -2.46. The highest BCUT2D eigenvalue weighted by atomic mass is 16.2. The first-order chi connectivity index (χ1) is 14.1. The molecule has 0 aromatic carbocycles. The topological polar surface area (TPSA) is 92.9 Å². The molecule has 9 nitrogen and oxygen atoms in total. The van der Waals surface area contributed by atoms with Gasteiger partial charge in [-0.2, -0.15) is 5.10 Å². The SMILES string of the molecule is Cc1cc(C)nc(N2CC3CC2CN(C(=O)c2nccnc2-n2cccn2)C3)n1. The quantitative estimate of drug-likeness (QED) is 0.668. The summed E-state index contributed by atoms with van der Waals surface area (Å²) < 4.78 is 1.58. The first kappa shape index (κ1) is 17.7. The highest BCUT2D eigenvalue weighted by Gasteiger charge is 2.42. The summed E-state index contributed by atoms with van der Waals surface area (Å²) in [6.07, 6.45) is 7.60. The van der Waals surface area contributed by atoms with Gasteiger partial charge in [-0.1, -0.05) is 0 Å². The van der Waals surface area contributed by atoms with Gasteiger partial charge in [-0.05, 0) is 38.3 Å². The molecule has 2 unspecified atom stereocenters. The number of amides is 1. The maximum Gasteiger partial charge on any atom is 0.276 e. The number of nitrogens with zero attached hydrogens (tertiary/aromatic N) is 8. The molecule has 5 rings (SSSR count). The number of piperidine rings is 1. The van der Waals surface area contributed by atoms with E-state index in [2.05, 4.69) is 29.9 Å². The van der Waals surface area contributed by atoms with Crippen molar-refractivity contribution in [3.05, 3.63) is 54.0 Å². The zero-order valence-electron chi connectivity index (χ0n) is 16.4. The van der Waals surface area contributed by atoms with Crippen LogP contribution in [-0.2, 0) is 0 Å². The van der Waals surface area contributed by atoms with Crippen LogP contribution in [0.4, 0.5) is 5.95 Å². The Morgan fingerprint density at radius 2 is 1.83 bits per heavy atom. The lowest BCUT2D eigenvalue weighted by molar-refractivity contribution is 0.0687. The predicted octanol–water partition coefficient (Wildman–Crippen LogP) is 1.42. The van der Waals surface area contributed by atoms with Gasteiger partial charge in [0.25, 0.3) is 5.91 Å². The number of carbonyl (C=O) groups is 1. The zero-order chi connectivity index (χ0) is 20.0. The number of aromatic nitrogens is 6. The summed E-state index contributed by atoms with van der Waals surface area (Å²) >= 11 is 0. The van der Waals surface area contributed by atoms with Gasteiger partial charge in [0, 0.05) is 61.9 Å². The summed E-state index contributed by atoms with van der Waals surface area (Å²) in [5, 5.41) is 4.20. The smallest absolute Gasteiger partial charge is 0.276 e. The van der Waals surface area contributed by atoms with Crippen molar-refractivity contribution in [1.29, 1.82) is 0 Å². The van der Waals surface area contributed by atoms with Crippen LogP contribution in [0.25, 0.3) is 5.82 Å². The van der Waals surface area contributed by atoms with E-state index < -0.39 is 0 Å². The van der Waals surface area contributed by atoms with E-state index in [4.69, 9.17) is 0 Å². The molecule has 1 amide bonds. The zero-order valence-corrected chi connectivity index (χ0v) is 16.4. The summed E-state index contributed by atoms with van der Waals surface area (Å²) in [5.74, 6) is 1.50. The molecule has 3 aromatic heterocycles. The van der Waals surface area contributed by atoms with Crippen LogP contribution in [0.3, 0.4) is 0 Å². The van der Waals surface area contributed by atoms with Gasteiger partial charge < -0.3 is 9.80 Å². The first-order valence-electron chi connectivity index (χ1n) is 9.77. The minimum atomic E-state index is -0.110. The van der Waals surface area contributed by atoms with Crippen LogP contribution in [0.2, 0.25) is 0 Å². The summed E-state index contributed by atoms with van der Waals surface area (Å²) in [6, 6.07) is 3.99. The van der Waals surface area contributed by atoms with Crippen LogP contribution in [0.1, 0.15) is 28.3 Å². The number of aryl methyl sites for hydroxylation is 2. The summed E-state index contributed by atoms with van der Waals surface area (Å²) in [6.45, 7) is 6.17. The fraction of sp³-hybridized carbons (Fsp3) is 0.400. The maximum atomic E-state index is 13.3. The average molecular weight is 390 g/mol. The van der Waals surface area contributed by atoms with Crippen LogP contribution < -0.4 is 4.90 Å². The lowest BCUT2D eigenvalue weighted by Gasteiger charge is -2.32. The molecule has 2 aliphatic heterocycles. The van der Waals surface area contributed by atoms with E-state index >= 15 is 0 Å². The molecule has 2 atom stereocenters. The molecule has 0 N–H and O–H groups in total. The second-order valence-electron chi connectivity index (χ2n) is 7.75. The van der Waals surface area contributed by atoms with Crippen LogP contribution in [-0.4, -0.2) is 66.2 Å². The second-order valence-corrected chi connectivity index (χ2v) is 7.75. The van der Waals surface area contributed by atoms with E-state index in [-0.39, 0.29) is 11.9 Å². The van der Waals surface area contributed by atoms with Gasteiger partial charge in [-0.15, -0.1) is 0 Å². The summed E-state index contributed by atoms with van der Waals surface area (Å²) in [5.41, 5.74) is 2.25. The Balaban J connectivity index is 1.41. The minimum Gasteiger partial charge on any atom is -0.336 e. The Bertz CT molecular complexity index is 1030. The molecule has 0 spiro atoms. The van der Waals surface area contributed by atoms with Crippen molar-refractivity contribution >= 4 is 11.9 Å². The standard InChI is InChI=1S/C20H22N8O/c1-13-8-14(2)25-20(24-13)27-11-15-9-16(27)12-26(10-15)19(29)17-18(22-6-5-21-17)28-7-3-4-23-28/h3-8,15-16H,9-12H2,1-2H3. The van der Waals surface area contributed by atoms with E-state index in [1.54, 1.807) is 35.5 Å². The van der Waals surface area contributed by atoms with E-state index in [9.17, 15) is 4.79 Å². The van der Waals surface area contributed by atoms with E-state index in [1.807, 2.05) is 24.8 Å². The van der Waals surface area contributed by atoms with E-state index in [0.717, 1.165) is 30.3 Å². The first-order valence-corrected chi connectivity index (χ1v) is 9.77. The van der Waals surface area contributed by atoms with Crippen molar-refractivity contribution in [2.75, 3.05) is 24.5 Å². The molecule has 148 valence electrons. The average Bonchev–Trinajstić information content (AvgIpc) is 3.34. The normalized spacial score (nSPS) is 20.9. The molecular formula is C20H22N8O. The Morgan fingerprint density at radius 1 is 1.03 bits per heavy atom. The molecule has 2 bridgehead atoms. The fourth-order valence-electron chi connectivity index (χ4n) is 4.40. The number of hydrogen-bond acceptors (Lipinski definition) is 7. The molecule has 3 aromatic rings. The lowest BCUT2D eigenvalue weighted by atomic mass is 9.99. The third-order valence-electron chi connectivity index (χ3n) is 5.53. The molecule has 29 heavy (non-hydrogen) atoms. The number of fused-ring (bicyclic) bond motifs is 2. The van der Waals surface area contributed by atoms with Crippen LogP contribution in [0.5, 0.6) is 0 Å². The van der Waals surface area contributed by atoms with E-state index in [1.165, 1.54) is 0 Å². The molecule has 2 saturated heterocycles. The Kier molecular flexibility index (Phi) is 4.22. The van der Waals surface area contributed by atoms with Crippen molar-refractivity contribution in [3.8, 4) is 5.82 Å². The van der Waals surface area contributed by atoms with Crippen molar-refractivity contribution in [1.82, 2.24) is 34.6 Å². The van der Waals surface area contributed by atoms with Gasteiger partial charge in [0.15, 0.2) is 11.5 Å². The number of rotatable bonds is 3. The molecule has 5 heterocycles. The molecule has 0 saturated carbocycles. The minimum absolute atomic E-state index is 0.110. The number of likely N-dealkylation sites (tertiary alicyclic amines) is 1. The Labute approximate surface area is 168 Å². The van der Waals surface area contributed by atoms with Crippen LogP contribution >= 0.6 is 0 Å². The Morgan fingerprint density at radius 3 is 2.59 bits per heavy atom. The van der Waals surface area contributed by atoms with E-state index in [0.29, 0.717) is 30.5 Å². The predicted molar refractivity (Wildman–Crippen MR) is 106 cm³/mol. The third-order valence-corrected chi connectivity index (χ3v) is 5.53. The molecule has 2 aliphatic rings. The molecule has 0 radical (unpaired) electrons. The van der Waals surface area contributed by atoms with Crippen molar-refractivity contribution in [3.63, 3.8) is 0 Å². The van der Waals surface area contributed by atoms with Crippen molar-refractivity contribution in [2.45, 2.75) is 26.3 Å². The molecule has 0 aliphatic carbocycles. The largest absolute Gasteiger partial charge is 0.336 e. The highest BCUT2D eigenvalue weighted by Crippen LogP contribution is 2.33. The number of hydrogen-bond donors (Lipinski definition) is 0. The second kappa shape index (κ2) is 6.91. The highest BCUT2D eigenvalue weighted by molar-refractivity contribution is 5.95. The number of carbonyl (C=O) groups excluding carboxylic acids is 1. The Hall–Kier alpha value is -3.36. The van der Waals surface area contributed by atoms with Gasteiger partial charge in [0.1, 0.15) is 0 Å². The van der Waals surface area contributed by atoms with Gasteiger partial charge in [-0.25, -0.2) is 24.6 Å². The third kappa shape index (κ3) is 3.22. The fourth-order valence-corrected chi connectivity index (χ4v) is 4.40. The van der Waals surface area contributed by atoms with Crippen LogP contribution in [0.15, 0.2) is 36.9 Å². The van der Waals surface area contributed by atoms with Crippen LogP contribution in [0, 0.1) is 19.8 Å². The summed E-state index contributed by atoms with van der Waals surface area (Å²) in [4.78, 5) is 35.4. The summed E-state index contributed by atoms with van der Waals surface area (Å²) in [7, 11) is 0. The van der Waals surface area contributed by atoms with Gasteiger partial charge in [-0.3, -0.25) is 4.79 Å². The van der Waals surface area contributed by atoms with Gasteiger partial charge in [0.05, 0.1) is 0 Å². The molecule has 9 heteroatoms.